The smallest absolute Gasteiger partial charge is 0.149 e. The van der Waals surface area contributed by atoms with E-state index in [2.05, 4.69) is 19.2 Å². The minimum atomic E-state index is -0.477. The largest absolute Gasteiger partial charge is 0.361 e. The summed E-state index contributed by atoms with van der Waals surface area (Å²) in [6.45, 7) is 7.57. The minimum Gasteiger partial charge on any atom is -0.361 e. The first-order valence-corrected chi connectivity index (χ1v) is 6.44. The molecule has 2 unspecified atom stereocenters. The van der Waals surface area contributed by atoms with Crippen LogP contribution < -0.4 is 10.2 Å². The van der Waals surface area contributed by atoms with Gasteiger partial charge < -0.3 is 10.2 Å². The van der Waals surface area contributed by atoms with Crippen LogP contribution in [0.5, 0.6) is 0 Å². The predicted octanol–water partition coefficient (Wildman–Crippen LogP) is 2.79. The molecule has 0 aromatic heterocycles. The molecule has 0 spiro atoms. The van der Waals surface area contributed by atoms with E-state index in [1.807, 2.05) is 11.8 Å². The van der Waals surface area contributed by atoms with E-state index in [1.165, 1.54) is 18.2 Å². The molecule has 0 aliphatic carbocycles. The molecule has 0 amide bonds. The number of hydrogen-bond acceptors (Lipinski definition) is 2. The summed E-state index contributed by atoms with van der Waals surface area (Å²) >= 11 is 0. The Bertz CT molecular complexity index is 400. The Labute approximate surface area is 107 Å². The molecule has 4 heteroatoms. The highest BCUT2D eigenvalue weighted by Gasteiger charge is 2.31. The average molecular weight is 254 g/mol. The van der Waals surface area contributed by atoms with Crippen LogP contribution in [0, 0.1) is 17.6 Å². The number of anilines is 1. The van der Waals surface area contributed by atoms with Gasteiger partial charge in [-0.3, -0.25) is 0 Å². The van der Waals surface area contributed by atoms with Gasteiger partial charge in [-0.1, -0.05) is 19.9 Å². The normalized spacial score (nSPS) is 24.7. The fourth-order valence-electron chi connectivity index (χ4n) is 2.54. The van der Waals surface area contributed by atoms with Crippen molar-refractivity contribution in [3.8, 4) is 0 Å². The van der Waals surface area contributed by atoms with Crippen molar-refractivity contribution >= 4 is 5.69 Å². The maximum absolute atomic E-state index is 13.9. The van der Waals surface area contributed by atoms with Crippen LogP contribution in [-0.2, 0) is 0 Å². The van der Waals surface area contributed by atoms with Crippen molar-refractivity contribution < 1.29 is 8.78 Å². The number of piperazine rings is 1. The van der Waals surface area contributed by atoms with Gasteiger partial charge in [-0.2, -0.15) is 0 Å². The zero-order valence-electron chi connectivity index (χ0n) is 11.1. The molecular formula is C14H20F2N2. The third-order valence-corrected chi connectivity index (χ3v) is 3.54. The van der Waals surface area contributed by atoms with Crippen molar-refractivity contribution in [2.45, 2.75) is 32.9 Å². The summed E-state index contributed by atoms with van der Waals surface area (Å²) in [5.41, 5.74) is 0.115. The summed E-state index contributed by atoms with van der Waals surface area (Å²) < 4.78 is 27.8. The Morgan fingerprint density at radius 1 is 1.28 bits per heavy atom. The molecule has 1 saturated heterocycles. The molecule has 0 radical (unpaired) electrons. The highest BCUT2D eigenvalue weighted by Crippen LogP contribution is 2.28. The van der Waals surface area contributed by atoms with Gasteiger partial charge in [0.15, 0.2) is 0 Å². The molecule has 1 aromatic carbocycles. The fraction of sp³-hybridized carbons (Fsp3) is 0.571. The maximum Gasteiger partial charge on any atom is 0.149 e. The Hall–Kier alpha value is -1.16. The summed E-state index contributed by atoms with van der Waals surface area (Å²) in [6.07, 6.45) is 0. The number of hydrogen-bond donors (Lipinski definition) is 1. The van der Waals surface area contributed by atoms with E-state index in [9.17, 15) is 8.78 Å². The summed E-state index contributed by atoms with van der Waals surface area (Å²) in [7, 11) is 0. The van der Waals surface area contributed by atoms with Gasteiger partial charge in [-0.15, -0.1) is 0 Å². The zero-order chi connectivity index (χ0) is 13.3. The monoisotopic (exact) mass is 254 g/mol. The zero-order valence-corrected chi connectivity index (χ0v) is 11.1. The molecule has 2 rings (SSSR count). The van der Waals surface area contributed by atoms with Crippen molar-refractivity contribution in [1.29, 1.82) is 0 Å². The first-order chi connectivity index (χ1) is 8.50. The third-order valence-electron chi connectivity index (χ3n) is 3.54. The predicted molar refractivity (Wildman–Crippen MR) is 69.8 cm³/mol. The first-order valence-electron chi connectivity index (χ1n) is 6.44. The molecule has 1 aliphatic heterocycles. The number of nitrogens with one attached hydrogen (secondary N) is 1. The third kappa shape index (κ3) is 2.48. The molecule has 1 aliphatic rings. The molecule has 18 heavy (non-hydrogen) atoms. The molecular weight excluding hydrogens is 234 g/mol. The van der Waals surface area contributed by atoms with E-state index < -0.39 is 11.6 Å². The van der Waals surface area contributed by atoms with Gasteiger partial charge >= 0.3 is 0 Å². The van der Waals surface area contributed by atoms with E-state index in [4.69, 9.17) is 0 Å². The highest BCUT2D eigenvalue weighted by atomic mass is 19.1. The van der Waals surface area contributed by atoms with Crippen molar-refractivity contribution in [3.05, 3.63) is 29.8 Å². The van der Waals surface area contributed by atoms with Gasteiger partial charge in [0.1, 0.15) is 17.3 Å². The fourth-order valence-corrected chi connectivity index (χ4v) is 2.54. The Morgan fingerprint density at radius 3 is 2.44 bits per heavy atom. The quantitative estimate of drug-likeness (QED) is 0.873. The highest BCUT2D eigenvalue weighted by molar-refractivity contribution is 5.51. The van der Waals surface area contributed by atoms with Crippen LogP contribution in [-0.4, -0.2) is 25.2 Å². The van der Waals surface area contributed by atoms with E-state index in [-0.39, 0.29) is 17.8 Å². The summed E-state index contributed by atoms with van der Waals surface area (Å²) in [5.74, 6) is -0.617. The second-order valence-electron chi connectivity index (χ2n) is 5.34. The van der Waals surface area contributed by atoms with Crippen molar-refractivity contribution in [2.75, 3.05) is 18.0 Å². The molecule has 2 nitrogen and oxygen atoms in total. The van der Waals surface area contributed by atoms with Gasteiger partial charge in [-0.25, -0.2) is 8.78 Å². The summed E-state index contributed by atoms with van der Waals surface area (Å²) in [4.78, 5) is 1.87. The van der Waals surface area contributed by atoms with Crippen LogP contribution in [0.1, 0.15) is 20.8 Å². The second kappa shape index (κ2) is 5.22. The molecule has 100 valence electrons. The SMILES string of the molecule is CC1CN(c2c(F)cccc2F)C(C(C)C)CN1. The number of halogens is 2. The lowest BCUT2D eigenvalue weighted by Crippen LogP contribution is -2.58. The number of para-hydroxylation sites is 1. The molecule has 0 saturated carbocycles. The number of rotatable bonds is 2. The van der Waals surface area contributed by atoms with E-state index in [0.717, 1.165) is 6.54 Å². The van der Waals surface area contributed by atoms with Gasteiger partial charge in [-0.05, 0) is 25.0 Å². The van der Waals surface area contributed by atoms with Crippen molar-refractivity contribution in [1.82, 2.24) is 5.32 Å². The Kier molecular flexibility index (Phi) is 3.85. The van der Waals surface area contributed by atoms with Gasteiger partial charge in [0.05, 0.1) is 0 Å². The second-order valence-corrected chi connectivity index (χ2v) is 5.34. The molecule has 1 fully saturated rings. The molecule has 1 heterocycles. The number of nitrogens with zero attached hydrogens (tertiary/aromatic N) is 1. The van der Waals surface area contributed by atoms with Crippen LogP contribution in [0.15, 0.2) is 18.2 Å². The van der Waals surface area contributed by atoms with Crippen LogP contribution in [0.4, 0.5) is 14.5 Å². The first kappa shape index (κ1) is 13.3. The van der Waals surface area contributed by atoms with Crippen LogP contribution >= 0.6 is 0 Å². The number of benzene rings is 1. The van der Waals surface area contributed by atoms with Crippen LogP contribution in [0.25, 0.3) is 0 Å². The lowest BCUT2D eigenvalue weighted by Gasteiger charge is -2.43. The summed E-state index contributed by atoms with van der Waals surface area (Å²) in [5, 5.41) is 3.37. The molecule has 2 atom stereocenters. The summed E-state index contributed by atoms with van der Waals surface area (Å²) in [6, 6.07) is 4.40. The minimum absolute atomic E-state index is 0.115. The van der Waals surface area contributed by atoms with Crippen molar-refractivity contribution in [3.63, 3.8) is 0 Å². The van der Waals surface area contributed by atoms with Gasteiger partial charge in [0, 0.05) is 25.2 Å². The molecule has 1 N–H and O–H groups in total. The van der Waals surface area contributed by atoms with E-state index >= 15 is 0 Å². The van der Waals surface area contributed by atoms with Gasteiger partial charge in [0.25, 0.3) is 0 Å². The average Bonchev–Trinajstić information content (AvgIpc) is 2.28. The van der Waals surface area contributed by atoms with E-state index in [0.29, 0.717) is 12.5 Å². The lowest BCUT2D eigenvalue weighted by atomic mass is 9.97. The van der Waals surface area contributed by atoms with E-state index in [1.54, 1.807) is 0 Å². The van der Waals surface area contributed by atoms with Crippen LogP contribution in [0.3, 0.4) is 0 Å². The Morgan fingerprint density at radius 2 is 1.89 bits per heavy atom. The molecule has 0 bridgehead atoms. The lowest BCUT2D eigenvalue weighted by molar-refractivity contribution is 0.343. The standard InChI is InChI=1S/C14H20F2N2/c1-9(2)13-7-17-10(3)8-18(13)14-11(15)5-4-6-12(14)16/h4-6,9-10,13,17H,7-8H2,1-3H3. The van der Waals surface area contributed by atoms with Crippen molar-refractivity contribution in [2.24, 2.45) is 5.92 Å². The molecule has 1 aromatic rings. The van der Waals surface area contributed by atoms with Gasteiger partial charge in [0.2, 0.25) is 0 Å². The Balaban J connectivity index is 2.38. The topological polar surface area (TPSA) is 15.3 Å². The maximum atomic E-state index is 13.9. The van der Waals surface area contributed by atoms with Crippen LogP contribution in [0.2, 0.25) is 0 Å².